The number of sulfonamides is 1. The van der Waals surface area contributed by atoms with Crippen LogP contribution in [0.2, 0.25) is 0 Å². The summed E-state index contributed by atoms with van der Waals surface area (Å²) in [5.41, 5.74) is 3.77. The molecule has 1 fully saturated rings. The van der Waals surface area contributed by atoms with E-state index < -0.39 is 15.9 Å². The first-order chi connectivity index (χ1) is 15.6. The Bertz CT molecular complexity index is 1180. The van der Waals surface area contributed by atoms with Gasteiger partial charge in [0, 0.05) is 37.6 Å². The van der Waals surface area contributed by atoms with Crippen LogP contribution in [-0.4, -0.2) is 36.3 Å². The van der Waals surface area contributed by atoms with Crippen molar-refractivity contribution in [3.8, 4) is 6.07 Å². The Kier molecular flexibility index (Phi) is 7.77. The summed E-state index contributed by atoms with van der Waals surface area (Å²) in [5.74, 6) is 0.0296. The predicted octanol–water partition coefficient (Wildman–Crippen LogP) is 3.77. The van der Waals surface area contributed by atoms with E-state index in [0.29, 0.717) is 19.0 Å². The third-order valence-electron chi connectivity index (χ3n) is 5.90. The highest BCUT2D eigenvalue weighted by molar-refractivity contribution is 7.89. The van der Waals surface area contributed by atoms with Crippen molar-refractivity contribution in [2.24, 2.45) is 5.92 Å². The molecule has 0 saturated carbocycles. The lowest BCUT2D eigenvalue weighted by Crippen LogP contribution is -2.28. The van der Waals surface area contributed by atoms with E-state index in [1.807, 2.05) is 26.0 Å². The van der Waals surface area contributed by atoms with Gasteiger partial charge >= 0.3 is 0 Å². The van der Waals surface area contributed by atoms with E-state index in [-0.39, 0.29) is 17.0 Å². The van der Waals surface area contributed by atoms with Crippen molar-refractivity contribution >= 4 is 22.0 Å². The molecule has 1 saturated heterocycles. The van der Waals surface area contributed by atoms with Crippen LogP contribution >= 0.6 is 0 Å². The minimum atomic E-state index is -3.46. The SMILES string of the molecule is Cc1cc(C=C(C#N)C(=O)NCc2ccc(S(=O)(=O)N3CCCC3)cc2)c(C)n1CC(C)C. The van der Waals surface area contributed by atoms with E-state index in [4.69, 9.17) is 0 Å². The topological polar surface area (TPSA) is 95.2 Å². The Morgan fingerprint density at radius 1 is 1.18 bits per heavy atom. The average Bonchev–Trinajstić information content (AvgIpc) is 3.41. The Labute approximate surface area is 196 Å². The fraction of sp³-hybridized carbons (Fsp3) is 0.440. The Morgan fingerprint density at radius 2 is 1.82 bits per heavy atom. The number of carbonyl (C=O) groups excluding carboxylic acids is 1. The monoisotopic (exact) mass is 468 g/mol. The number of amides is 1. The van der Waals surface area contributed by atoms with Crippen LogP contribution in [0.5, 0.6) is 0 Å². The number of aromatic nitrogens is 1. The molecule has 0 aliphatic carbocycles. The van der Waals surface area contributed by atoms with E-state index >= 15 is 0 Å². The van der Waals surface area contributed by atoms with Crippen molar-refractivity contribution in [2.75, 3.05) is 13.1 Å². The Balaban J connectivity index is 1.68. The number of aryl methyl sites for hydroxylation is 1. The van der Waals surface area contributed by atoms with Crippen molar-refractivity contribution < 1.29 is 13.2 Å². The number of hydrogen-bond donors (Lipinski definition) is 1. The molecule has 1 aromatic heterocycles. The van der Waals surface area contributed by atoms with Crippen LogP contribution in [0, 0.1) is 31.1 Å². The molecule has 0 atom stereocenters. The number of nitrogens with one attached hydrogen (secondary N) is 1. The van der Waals surface area contributed by atoms with Gasteiger partial charge in [-0.25, -0.2) is 8.42 Å². The second-order valence-corrected chi connectivity index (χ2v) is 10.9. The highest BCUT2D eigenvalue weighted by Crippen LogP contribution is 2.22. The molecular formula is C25H32N4O3S. The zero-order chi connectivity index (χ0) is 24.2. The van der Waals surface area contributed by atoms with Gasteiger partial charge in [0.15, 0.2) is 0 Å². The van der Waals surface area contributed by atoms with Crippen molar-refractivity contribution in [3.05, 3.63) is 58.4 Å². The van der Waals surface area contributed by atoms with Gasteiger partial charge in [-0.15, -0.1) is 0 Å². The van der Waals surface area contributed by atoms with Gasteiger partial charge in [0.25, 0.3) is 5.91 Å². The normalized spacial score (nSPS) is 15.1. The summed E-state index contributed by atoms with van der Waals surface area (Å²) in [5, 5.41) is 12.3. The smallest absolute Gasteiger partial charge is 0.262 e. The standard InChI is InChI=1S/C25H32N4O3S/c1-18(2)17-29-19(3)13-22(20(29)4)14-23(15-26)25(30)27-16-21-7-9-24(10-8-21)33(31,32)28-11-5-6-12-28/h7-10,13-14,18H,5-6,11-12,16-17H2,1-4H3,(H,27,30). The molecule has 1 aliphatic rings. The molecular weight excluding hydrogens is 436 g/mol. The van der Waals surface area contributed by atoms with Gasteiger partial charge in [0.1, 0.15) is 11.6 Å². The molecule has 33 heavy (non-hydrogen) atoms. The van der Waals surface area contributed by atoms with E-state index in [9.17, 15) is 18.5 Å². The van der Waals surface area contributed by atoms with Crippen LogP contribution in [0.4, 0.5) is 0 Å². The molecule has 0 spiro atoms. The van der Waals surface area contributed by atoms with E-state index in [1.165, 1.54) is 4.31 Å². The third kappa shape index (κ3) is 5.73. The summed E-state index contributed by atoms with van der Waals surface area (Å²) >= 11 is 0. The molecule has 1 amide bonds. The van der Waals surface area contributed by atoms with E-state index in [0.717, 1.165) is 41.9 Å². The van der Waals surface area contributed by atoms with Crippen molar-refractivity contribution in [1.82, 2.24) is 14.2 Å². The van der Waals surface area contributed by atoms with Gasteiger partial charge in [0.05, 0.1) is 4.90 Å². The van der Waals surface area contributed by atoms with Crippen LogP contribution in [0.1, 0.15) is 49.2 Å². The predicted molar refractivity (Wildman–Crippen MR) is 129 cm³/mol. The molecule has 0 radical (unpaired) electrons. The van der Waals surface area contributed by atoms with E-state index in [1.54, 1.807) is 30.3 Å². The number of hydrogen-bond acceptors (Lipinski definition) is 4. The highest BCUT2D eigenvalue weighted by Gasteiger charge is 2.26. The molecule has 1 N–H and O–H groups in total. The van der Waals surface area contributed by atoms with Crippen molar-refractivity contribution in [2.45, 2.75) is 58.5 Å². The first-order valence-corrected chi connectivity index (χ1v) is 12.7. The van der Waals surface area contributed by atoms with Gasteiger partial charge in [-0.1, -0.05) is 26.0 Å². The van der Waals surface area contributed by atoms with Crippen LogP contribution in [-0.2, 0) is 27.9 Å². The number of carbonyl (C=O) groups is 1. The second-order valence-electron chi connectivity index (χ2n) is 8.94. The fourth-order valence-corrected chi connectivity index (χ4v) is 5.58. The maximum atomic E-state index is 12.6. The quantitative estimate of drug-likeness (QED) is 0.471. The lowest BCUT2D eigenvalue weighted by atomic mass is 10.1. The zero-order valence-corrected chi connectivity index (χ0v) is 20.6. The molecule has 3 rings (SSSR count). The summed E-state index contributed by atoms with van der Waals surface area (Å²) in [4.78, 5) is 12.9. The van der Waals surface area contributed by atoms with Gasteiger partial charge in [-0.2, -0.15) is 9.57 Å². The lowest BCUT2D eigenvalue weighted by molar-refractivity contribution is -0.117. The van der Waals surface area contributed by atoms with Crippen molar-refractivity contribution in [3.63, 3.8) is 0 Å². The minimum absolute atomic E-state index is 0.0352. The first-order valence-electron chi connectivity index (χ1n) is 11.3. The largest absolute Gasteiger partial charge is 0.348 e. The van der Waals surface area contributed by atoms with Crippen LogP contribution in [0.25, 0.3) is 6.08 Å². The summed E-state index contributed by atoms with van der Waals surface area (Å²) < 4.78 is 29.0. The summed E-state index contributed by atoms with van der Waals surface area (Å²) in [6, 6.07) is 10.5. The second kappa shape index (κ2) is 10.4. The molecule has 0 bridgehead atoms. The number of nitriles is 1. The molecule has 0 unspecified atom stereocenters. The Hall–Kier alpha value is -2.89. The van der Waals surface area contributed by atoms with E-state index in [2.05, 4.69) is 23.7 Å². The molecule has 8 heteroatoms. The lowest BCUT2D eigenvalue weighted by Gasteiger charge is -2.15. The third-order valence-corrected chi connectivity index (χ3v) is 7.82. The highest BCUT2D eigenvalue weighted by atomic mass is 32.2. The molecule has 1 aliphatic heterocycles. The van der Waals surface area contributed by atoms with Crippen molar-refractivity contribution in [1.29, 1.82) is 5.26 Å². The minimum Gasteiger partial charge on any atom is -0.348 e. The maximum absolute atomic E-state index is 12.6. The molecule has 2 aromatic rings. The first kappa shape index (κ1) is 24.7. The maximum Gasteiger partial charge on any atom is 0.262 e. The number of rotatable bonds is 8. The summed E-state index contributed by atoms with van der Waals surface area (Å²) in [6.45, 7) is 10.5. The van der Waals surface area contributed by atoms with Crippen LogP contribution in [0.3, 0.4) is 0 Å². The number of benzene rings is 1. The molecule has 1 aromatic carbocycles. The molecule has 7 nitrogen and oxygen atoms in total. The van der Waals surface area contributed by atoms with Gasteiger partial charge in [-0.3, -0.25) is 4.79 Å². The van der Waals surface area contributed by atoms with Crippen LogP contribution < -0.4 is 5.32 Å². The van der Waals surface area contributed by atoms with Gasteiger partial charge in [-0.05, 0) is 68.0 Å². The molecule has 176 valence electrons. The summed E-state index contributed by atoms with van der Waals surface area (Å²) in [6.07, 6.45) is 3.40. The number of nitrogens with zero attached hydrogens (tertiary/aromatic N) is 3. The Morgan fingerprint density at radius 3 is 2.39 bits per heavy atom. The van der Waals surface area contributed by atoms with Gasteiger partial charge < -0.3 is 9.88 Å². The molecule has 2 heterocycles. The van der Waals surface area contributed by atoms with Gasteiger partial charge in [0.2, 0.25) is 10.0 Å². The van der Waals surface area contributed by atoms with Crippen LogP contribution in [0.15, 0.2) is 40.8 Å². The summed E-state index contributed by atoms with van der Waals surface area (Å²) in [7, 11) is -3.46. The average molecular weight is 469 g/mol. The zero-order valence-electron chi connectivity index (χ0n) is 19.8. The fourth-order valence-electron chi connectivity index (χ4n) is 4.06.